The molecular formula is C25H25NO2S. The number of carbonyl (C=O) groups is 1. The predicted octanol–water partition coefficient (Wildman–Crippen LogP) is 5.72. The fraction of sp³-hybridized carbons (Fsp3) is 0.240. The van der Waals surface area contributed by atoms with E-state index in [0.717, 1.165) is 41.2 Å². The Labute approximate surface area is 176 Å². The van der Waals surface area contributed by atoms with Gasteiger partial charge >= 0.3 is 0 Å². The lowest BCUT2D eigenvalue weighted by atomic mass is 10.1. The summed E-state index contributed by atoms with van der Waals surface area (Å²) in [6, 6.07) is 26.2. The first-order valence-corrected chi connectivity index (χ1v) is 11.1. The van der Waals surface area contributed by atoms with Gasteiger partial charge in [-0.15, -0.1) is 11.8 Å². The van der Waals surface area contributed by atoms with Gasteiger partial charge in [0, 0.05) is 23.4 Å². The summed E-state index contributed by atoms with van der Waals surface area (Å²) in [5.74, 6) is 1.85. The van der Waals surface area contributed by atoms with Crippen LogP contribution in [-0.4, -0.2) is 23.1 Å². The van der Waals surface area contributed by atoms with E-state index in [-0.39, 0.29) is 11.3 Å². The van der Waals surface area contributed by atoms with Gasteiger partial charge < -0.3 is 9.64 Å². The quantitative estimate of drug-likeness (QED) is 0.527. The Morgan fingerprint density at radius 1 is 0.966 bits per heavy atom. The molecule has 1 aliphatic rings. The number of hydrogen-bond acceptors (Lipinski definition) is 3. The maximum Gasteiger partial charge on any atom is 0.255 e. The fourth-order valence-corrected chi connectivity index (χ4v) is 4.82. The van der Waals surface area contributed by atoms with E-state index in [1.54, 1.807) is 11.8 Å². The Hall–Kier alpha value is -2.72. The van der Waals surface area contributed by atoms with Crippen LogP contribution in [0.25, 0.3) is 0 Å². The molecule has 1 atom stereocenters. The Morgan fingerprint density at radius 2 is 1.69 bits per heavy atom. The number of hydrogen-bond donors (Lipinski definition) is 0. The van der Waals surface area contributed by atoms with Crippen molar-refractivity contribution in [2.24, 2.45) is 0 Å². The van der Waals surface area contributed by atoms with Crippen molar-refractivity contribution in [2.45, 2.75) is 25.3 Å². The third-order valence-corrected chi connectivity index (χ3v) is 6.43. The minimum atomic E-state index is -0.0275. The van der Waals surface area contributed by atoms with E-state index in [1.165, 1.54) is 5.56 Å². The number of carbonyl (C=O) groups excluding carboxylic acids is 1. The van der Waals surface area contributed by atoms with Crippen molar-refractivity contribution in [3.63, 3.8) is 0 Å². The number of aryl methyl sites for hydroxylation is 1. The summed E-state index contributed by atoms with van der Waals surface area (Å²) in [4.78, 5) is 15.2. The summed E-state index contributed by atoms with van der Waals surface area (Å²) in [6.45, 7) is 3.38. The van der Waals surface area contributed by atoms with E-state index >= 15 is 0 Å². The molecule has 0 N–H and O–H groups in total. The highest BCUT2D eigenvalue weighted by Gasteiger charge is 2.33. The predicted molar refractivity (Wildman–Crippen MR) is 119 cm³/mol. The van der Waals surface area contributed by atoms with Crippen molar-refractivity contribution < 1.29 is 9.53 Å². The van der Waals surface area contributed by atoms with E-state index in [4.69, 9.17) is 4.74 Å². The number of amides is 1. The summed E-state index contributed by atoms with van der Waals surface area (Å²) >= 11 is 1.80. The van der Waals surface area contributed by atoms with Crippen LogP contribution in [-0.2, 0) is 13.0 Å². The highest BCUT2D eigenvalue weighted by Crippen LogP contribution is 2.42. The first-order valence-electron chi connectivity index (χ1n) is 10.0. The Bertz CT molecular complexity index is 956. The van der Waals surface area contributed by atoms with E-state index in [9.17, 15) is 4.79 Å². The lowest BCUT2D eigenvalue weighted by molar-refractivity contribution is 0.0759. The highest BCUT2D eigenvalue weighted by molar-refractivity contribution is 7.99. The second-order valence-electron chi connectivity index (χ2n) is 7.08. The van der Waals surface area contributed by atoms with Gasteiger partial charge in [-0.2, -0.15) is 0 Å². The van der Waals surface area contributed by atoms with Crippen LogP contribution in [0.2, 0.25) is 0 Å². The number of para-hydroxylation sites is 1. The zero-order valence-electron chi connectivity index (χ0n) is 16.6. The Kier molecular flexibility index (Phi) is 6.20. The molecule has 4 heteroatoms. The minimum absolute atomic E-state index is 0.0275. The van der Waals surface area contributed by atoms with Crippen molar-refractivity contribution in [3.05, 3.63) is 101 Å². The first-order chi connectivity index (χ1) is 14.3. The number of nitrogens with zero attached hydrogens (tertiary/aromatic N) is 1. The lowest BCUT2D eigenvalue weighted by Crippen LogP contribution is -2.30. The smallest absolute Gasteiger partial charge is 0.255 e. The van der Waals surface area contributed by atoms with Crippen LogP contribution in [0.15, 0.2) is 78.9 Å². The van der Waals surface area contributed by atoms with Gasteiger partial charge in [0.25, 0.3) is 5.91 Å². The first kappa shape index (κ1) is 19.6. The normalized spacial score (nSPS) is 16.0. The summed E-state index contributed by atoms with van der Waals surface area (Å²) in [6.07, 6.45) is 0.975. The molecule has 3 nitrogen and oxygen atoms in total. The molecule has 1 amide bonds. The SMILES string of the molecule is CCc1ccc(C(=O)N2CCSC2c2ccccc2OCc2ccccc2)cc1. The highest BCUT2D eigenvalue weighted by atomic mass is 32.2. The molecule has 3 aromatic carbocycles. The average Bonchev–Trinajstić information content (AvgIpc) is 3.28. The van der Waals surface area contributed by atoms with Crippen LogP contribution in [0, 0.1) is 0 Å². The minimum Gasteiger partial charge on any atom is -0.489 e. The van der Waals surface area contributed by atoms with Crippen LogP contribution >= 0.6 is 11.8 Å². The van der Waals surface area contributed by atoms with Crippen molar-refractivity contribution in [1.29, 1.82) is 0 Å². The van der Waals surface area contributed by atoms with Gasteiger partial charge in [0.1, 0.15) is 17.7 Å². The largest absolute Gasteiger partial charge is 0.489 e. The number of thioether (sulfide) groups is 1. The van der Waals surface area contributed by atoms with E-state index < -0.39 is 0 Å². The molecular weight excluding hydrogens is 378 g/mol. The van der Waals surface area contributed by atoms with Gasteiger partial charge in [0.05, 0.1) is 0 Å². The number of rotatable bonds is 6. The Morgan fingerprint density at radius 3 is 2.45 bits per heavy atom. The second kappa shape index (κ2) is 9.19. The zero-order chi connectivity index (χ0) is 20.1. The van der Waals surface area contributed by atoms with Crippen molar-refractivity contribution >= 4 is 17.7 Å². The molecule has 1 fully saturated rings. The summed E-state index contributed by atoms with van der Waals surface area (Å²) in [5.41, 5.74) is 4.18. The molecule has 0 saturated carbocycles. The summed E-state index contributed by atoms with van der Waals surface area (Å²) < 4.78 is 6.15. The van der Waals surface area contributed by atoms with Crippen LogP contribution in [0.3, 0.4) is 0 Å². The molecule has 0 spiro atoms. The molecule has 4 rings (SSSR count). The van der Waals surface area contributed by atoms with Gasteiger partial charge in [-0.25, -0.2) is 0 Å². The maximum absolute atomic E-state index is 13.2. The molecule has 0 bridgehead atoms. The van der Waals surface area contributed by atoms with E-state index in [0.29, 0.717) is 6.61 Å². The van der Waals surface area contributed by atoms with Crippen molar-refractivity contribution in [2.75, 3.05) is 12.3 Å². The molecule has 1 heterocycles. The second-order valence-corrected chi connectivity index (χ2v) is 8.27. The monoisotopic (exact) mass is 403 g/mol. The van der Waals surface area contributed by atoms with Gasteiger partial charge in [-0.3, -0.25) is 4.79 Å². The molecule has 1 saturated heterocycles. The van der Waals surface area contributed by atoms with E-state index in [2.05, 4.69) is 25.1 Å². The summed E-state index contributed by atoms with van der Waals surface area (Å²) in [7, 11) is 0. The van der Waals surface area contributed by atoms with Crippen LogP contribution in [0.1, 0.15) is 39.3 Å². The van der Waals surface area contributed by atoms with Crippen LogP contribution < -0.4 is 4.74 Å². The molecule has 0 aromatic heterocycles. The van der Waals surface area contributed by atoms with Crippen LogP contribution in [0.4, 0.5) is 0 Å². The summed E-state index contributed by atoms with van der Waals surface area (Å²) in [5, 5.41) is -0.0275. The van der Waals surface area contributed by atoms with Crippen molar-refractivity contribution in [1.82, 2.24) is 4.90 Å². The Balaban J connectivity index is 1.54. The maximum atomic E-state index is 13.2. The van der Waals surface area contributed by atoms with Gasteiger partial charge in [0.15, 0.2) is 0 Å². The lowest BCUT2D eigenvalue weighted by Gasteiger charge is -2.26. The third kappa shape index (κ3) is 4.48. The zero-order valence-corrected chi connectivity index (χ0v) is 17.4. The molecule has 0 radical (unpaired) electrons. The topological polar surface area (TPSA) is 29.5 Å². The van der Waals surface area contributed by atoms with Crippen molar-refractivity contribution in [3.8, 4) is 5.75 Å². The van der Waals surface area contributed by atoms with E-state index in [1.807, 2.05) is 65.6 Å². The number of benzene rings is 3. The van der Waals surface area contributed by atoms with Gasteiger partial charge in [-0.05, 0) is 35.7 Å². The average molecular weight is 404 g/mol. The number of ether oxygens (including phenoxy) is 1. The van der Waals surface area contributed by atoms with Gasteiger partial charge in [-0.1, -0.05) is 67.6 Å². The standard InChI is InChI=1S/C25H25NO2S/c1-2-19-12-14-21(15-13-19)24(27)26-16-17-29-25(26)22-10-6-7-11-23(22)28-18-20-8-4-3-5-9-20/h3-15,25H,2,16-18H2,1H3. The molecule has 3 aromatic rings. The van der Waals surface area contributed by atoms with Gasteiger partial charge in [0.2, 0.25) is 0 Å². The molecule has 1 unspecified atom stereocenters. The van der Waals surface area contributed by atoms with Crippen LogP contribution in [0.5, 0.6) is 5.75 Å². The molecule has 1 aliphatic heterocycles. The molecule has 0 aliphatic carbocycles. The molecule has 29 heavy (non-hydrogen) atoms. The molecule has 148 valence electrons. The fourth-order valence-electron chi connectivity index (χ4n) is 3.54. The third-order valence-electron chi connectivity index (χ3n) is 5.18.